The van der Waals surface area contributed by atoms with Gasteiger partial charge in [-0.25, -0.2) is 4.79 Å². The van der Waals surface area contributed by atoms with Gasteiger partial charge in [-0.05, 0) is 42.3 Å². The molecule has 3 aromatic rings. The van der Waals surface area contributed by atoms with E-state index in [0.29, 0.717) is 29.4 Å². The van der Waals surface area contributed by atoms with Crippen molar-refractivity contribution in [2.45, 2.75) is 25.7 Å². The number of ether oxygens (including phenoxy) is 3. The number of aliphatic carboxylic acids is 1. The molecular formula is C23H20O5. The van der Waals surface area contributed by atoms with Gasteiger partial charge < -0.3 is 19.3 Å². The van der Waals surface area contributed by atoms with E-state index in [1.165, 1.54) is 5.56 Å². The molecule has 2 unspecified atom stereocenters. The van der Waals surface area contributed by atoms with Crippen molar-refractivity contribution in [3.8, 4) is 17.2 Å². The Hall–Kier alpha value is -3.47. The second-order valence-corrected chi connectivity index (χ2v) is 6.71. The number of benzene rings is 3. The molecule has 1 heterocycles. The standard InChI is InChI=1S/C23H20O5/c1-15-6-8-16(9-7-15)14-26-18-12-10-17(11-13-18)21-22(23(24)25)28-20-5-3-2-4-19(20)27-21/h2-13,21-22H,14H2,1H3,(H,24,25). The summed E-state index contributed by atoms with van der Waals surface area (Å²) in [7, 11) is 0. The van der Waals surface area contributed by atoms with E-state index in [4.69, 9.17) is 14.2 Å². The van der Waals surface area contributed by atoms with Gasteiger partial charge >= 0.3 is 5.97 Å². The SMILES string of the molecule is Cc1ccc(COc2ccc(C3Oc4ccccc4OC3C(=O)O)cc2)cc1. The fourth-order valence-electron chi connectivity index (χ4n) is 3.07. The summed E-state index contributed by atoms with van der Waals surface area (Å²) >= 11 is 0. The highest BCUT2D eigenvalue weighted by atomic mass is 16.6. The highest BCUT2D eigenvalue weighted by molar-refractivity contribution is 5.75. The van der Waals surface area contributed by atoms with E-state index in [9.17, 15) is 9.90 Å². The summed E-state index contributed by atoms with van der Waals surface area (Å²) in [5, 5.41) is 9.55. The average molecular weight is 376 g/mol. The van der Waals surface area contributed by atoms with Crippen LogP contribution in [0.3, 0.4) is 0 Å². The Morgan fingerprint density at radius 1 is 0.929 bits per heavy atom. The number of aryl methyl sites for hydroxylation is 1. The van der Waals surface area contributed by atoms with Crippen LogP contribution in [0.2, 0.25) is 0 Å². The molecule has 1 aliphatic rings. The maximum atomic E-state index is 11.7. The lowest BCUT2D eigenvalue weighted by Gasteiger charge is -2.31. The first-order valence-corrected chi connectivity index (χ1v) is 9.03. The molecule has 0 fully saturated rings. The summed E-state index contributed by atoms with van der Waals surface area (Å²) in [6.07, 6.45) is -1.85. The normalized spacial score (nSPS) is 17.8. The number of hydrogen-bond donors (Lipinski definition) is 1. The van der Waals surface area contributed by atoms with Crippen molar-refractivity contribution in [2.75, 3.05) is 0 Å². The van der Waals surface area contributed by atoms with Crippen molar-refractivity contribution in [1.82, 2.24) is 0 Å². The van der Waals surface area contributed by atoms with Gasteiger partial charge in [0.25, 0.3) is 0 Å². The molecule has 0 saturated heterocycles. The number of hydrogen-bond acceptors (Lipinski definition) is 4. The van der Waals surface area contributed by atoms with Crippen LogP contribution in [0.4, 0.5) is 0 Å². The lowest BCUT2D eigenvalue weighted by Crippen LogP contribution is -2.39. The van der Waals surface area contributed by atoms with Crippen molar-refractivity contribution >= 4 is 5.97 Å². The zero-order chi connectivity index (χ0) is 19.5. The molecule has 0 aliphatic carbocycles. The maximum Gasteiger partial charge on any atom is 0.349 e. The third kappa shape index (κ3) is 3.78. The number of carboxylic acids is 1. The number of carboxylic acid groups (broad SMARTS) is 1. The van der Waals surface area contributed by atoms with E-state index in [2.05, 4.69) is 0 Å². The smallest absolute Gasteiger partial charge is 0.349 e. The number of carbonyl (C=O) groups is 1. The molecule has 5 nitrogen and oxygen atoms in total. The van der Waals surface area contributed by atoms with Crippen LogP contribution in [0.25, 0.3) is 0 Å². The van der Waals surface area contributed by atoms with Gasteiger partial charge in [-0.1, -0.05) is 54.1 Å². The molecule has 28 heavy (non-hydrogen) atoms. The molecular weight excluding hydrogens is 356 g/mol. The van der Waals surface area contributed by atoms with Crippen LogP contribution in [0.15, 0.2) is 72.8 Å². The van der Waals surface area contributed by atoms with E-state index < -0.39 is 18.2 Å². The van der Waals surface area contributed by atoms with E-state index in [-0.39, 0.29) is 0 Å². The second kappa shape index (κ2) is 7.64. The molecule has 1 N–H and O–H groups in total. The highest BCUT2D eigenvalue weighted by Crippen LogP contribution is 2.39. The highest BCUT2D eigenvalue weighted by Gasteiger charge is 2.38. The molecule has 0 bridgehead atoms. The Morgan fingerprint density at radius 3 is 2.21 bits per heavy atom. The molecule has 5 heteroatoms. The average Bonchev–Trinajstić information content (AvgIpc) is 2.73. The Balaban J connectivity index is 1.49. The Morgan fingerprint density at radius 2 is 1.57 bits per heavy atom. The summed E-state index contributed by atoms with van der Waals surface area (Å²) in [5.74, 6) is 0.599. The van der Waals surface area contributed by atoms with Gasteiger partial charge in [0.2, 0.25) is 6.10 Å². The van der Waals surface area contributed by atoms with Crippen LogP contribution < -0.4 is 14.2 Å². The van der Waals surface area contributed by atoms with Gasteiger partial charge in [-0.2, -0.15) is 0 Å². The first-order chi connectivity index (χ1) is 13.6. The van der Waals surface area contributed by atoms with Crippen LogP contribution in [0, 0.1) is 6.92 Å². The van der Waals surface area contributed by atoms with E-state index >= 15 is 0 Å². The van der Waals surface area contributed by atoms with Gasteiger partial charge in [0.1, 0.15) is 12.4 Å². The second-order valence-electron chi connectivity index (χ2n) is 6.71. The molecule has 0 aromatic heterocycles. The molecule has 142 valence electrons. The Kier molecular flexibility index (Phi) is 4.89. The van der Waals surface area contributed by atoms with Crippen molar-refractivity contribution in [2.24, 2.45) is 0 Å². The minimum Gasteiger partial charge on any atom is -0.489 e. The van der Waals surface area contributed by atoms with Crippen LogP contribution in [0.1, 0.15) is 22.8 Å². The summed E-state index contributed by atoms with van der Waals surface area (Å²) in [4.78, 5) is 11.7. The van der Waals surface area contributed by atoms with Crippen molar-refractivity contribution in [1.29, 1.82) is 0 Å². The minimum absolute atomic E-state index is 0.434. The van der Waals surface area contributed by atoms with E-state index in [0.717, 1.165) is 5.56 Å². The minimum atomic E-state index is -1.12. The fourth-order valence-corrected chi connectivity index (χ4v) is 3.07. The van der Waals surface area contributed by atoms with Gasteiger partial charge in [0.05, 0.1) is 0 Å². The Bertz CT molecular complexity index is 963. The molecule has 3 aromatic carbocycles. The van der Waals surface area contributed by atoms with Crippen LogP contribution in [-0.2, 0) is 11.4 Å². The lowest BCUT2D eigenvalue weighted by molar-refractivity contribution is -0.151. The molecule has 0 saturated carbocycles. The number of rotatable bonds is 5. The Labute approximate surface area is 163 Å². The number of para-hydroxylation sites is 2. The van der Waals surface area contributed by atoms with Crippen LogP contribution in [0.5, 0.6) is 17.2 Å². The van der Waals surface area contributed by atoms with Gasteiger partial charge in [-0.15, -0.1) is 0 Å². The van der Waals surface area contributed by atoms with Crippen molar-refractivity contribution in [3.63, 3.8) is 0 Å². The first kappa shape index (κ1) is 17.9. The van der Waals surface area contributed by atoms with Crippen molar-refractivity contribution in [3.05, 3.63) is 89.5 Å². The van der Waals surface area contributed by atoms with E-state index in [1.54, 1.807) is 18.2 Å². The summed E-state index contributed by atoms with van der Waals surface area (Å²) in [5.41, 5.74) is 3.00. The van der Waals surface area contributed by atoms with E-state index in [1.807, 2.05) is 61.5 Å². The third-order valence-corrected chi connectivity index (χ3v) is 4.61. The number of fused-ring (bicyclic) bond motifs is 1. The molecule has 2 atom stereocenters. The molecule has 0 radical (unpaired) electrons. The third-order valence-electron chi connectivity index (χ3n) is 4.61. The zero-order valence-electron chi connectivity index (χ0n) is 15.4. The summed E-state index contributed by atoms with van der Waals surface area (Å²) in [6.45, 7) is 2.51. The molecule has 0 spiro atoms. The quantitative estimate of drug-likeness (QED) is 0.708. The fraction of sp³-hybridized carbons (Fsp3) is 0.174. The van der Waals surface area contributed by atoms with Gasteiger partial charge in [0, 0.05) is 0 Å². The predicted molar refractivity (Wildman–Crippen MR) is 104 cm³/mol. The molecule has 0 amide bonds. The summed E-state index contributed by atoms with van der Waals surface area (Å²) < 4.78 is 17.4. The van der Waals surface area contributed by atoms with Gasteiger partial charge in [0.15, 0.2) is 17.6 Å². The first-order valence-electron chi connectivity index (χ1n) is 9.03. The predicted octanol–water partition coefficient (Wildman–Crippen LogP) is 4.54. The monoisotopic (exact) mass is 376 g/mol. The van der Waals surface area contributed by atoms with Crippen LogP contribution >= 0.6 is 0 Å². The zero-order valence-corrected chi connectivity index (χ0v) is 15.4. The van der Waals surface area contributed by atoms with Gasteiger partial charge in [-0.3, -0.25) is 0 Å². The van der Waals surface area contributed by atoms with Crippen LogP contribution in [-0.4, -0.2) is 17.2 Å². The largest absolute Gasteiger partial charge is 0.489 e. The topological polar surface area (TPSA) is 65.0 Å². The summed E-state index contributed by atoms with van der Waals surface area (Å²) in [6, 6.07) is 22.5. The van der Waals surface area contributed by atoms with Crippen molar-refractivity contribution < 1.29 is 24.1 Å². The lowest BCUT2D eigenvalue weighted by atomic mass is 10.0. The molecule has 4 rings (SSSR count). The molecule has 1 aliphatic heterocycles. The maximum absolute atomic E-state index is 11.7.